The number of rotatable bonds is 10. The van der Waals surface area contributed by atoms with Gasteiger partial charge in [-0.3, -0.25) is 4.79 Å². The molecule has 0 aliphatic rings. The lowest BCUT2D eigenvalue weighted by atomic mass is 10.1. The normalized spacial score (nSPS) is 12.8. The summed E-state index contributed by atoms with van der Waals surface area (Å²) in [7, 11) is 3.47. The molecule has 0 heterocycles. The first-order valence-corrected chi connectivity index (χ1v) is 9.42. The van der Waals surface area contributed by atoms with Crippen molar-refractivity contribution in [3.8, 4) is 0 Å². The second-order valence-corrected chi connectivity index (χ2v) is 7.06. The van der Waals surface area contributed by atoms with E-state index in [9.17, 15) is 9.90 Å². The van der Waals surface area contributed by atoms with Crippen LogP contribution in [0.1, 0.15) is 36.7 Å². The molecule has 3 N–H and O–H groups in total. The van der Waals surface area contributed by atoms with Crippen molar-refractivity contribution in [1.29, 1.82) is 0 Å². The number of carbonyl (C=O) groups is 1. The molecule has 7 heteroatoms. The highest BCUT2D eigenvalue weighted by Crippen LogP contribution is 2.07. The standard InChI is InChI=1S/C20H34N4O3/c1-6-21-20(23-12-18(25)14-27-13-15(2)3)22-11-16-7-9-17(10-8-16)19(26)24(4)5/h7-10,15,18,25H,6,11-14H2,1-5H3,(H2,21,22,23). The lowest BCUT2D eigenvalue weighted by Crippen LogP contribution is -2.42. The second kappa shape index (κ2) is 12.3. The Morgan fingerprint density at radius 2 is 1.85 bits per heavy atom. The summed E-state index contributed by atoms with van der Waals surface area (Å²) in [6.45, 7) is 8.63. The lowest BCUT2D eigenvalue weighted by molar-refractivity contribution is 0.0280. The van der Waals surface area contributed by atoms with Crippen LogP contribution in [0.25, 0.3) is 0 Å². The van der Waals surface area contributed by atoms with Crippen molar-refractivity contribution in [2.45, 2.75) is 33.4 Å². The third-order valence-electron chi connectivity index (χ3n) is 3.64. The Morgan fingerprint density at radius 1 is 1.19 bits per heavy atom. The Morgan fingerprint density at radius 3 is 2.41 bits per heavy atom. The summed E-state index contributed by atoms with van der Waals surface area (Å²) in [5.41, 5.74) is 1.66. The number of hydrogen-bond acceptors (Lipinski definition) is 4. The number of guanidine groups is 1. The van der Waals surface area contributed by atoms with Gasteiger partial charge in [0.05, 0.1) is 19.3 Å². The molecular formula is C20H34N4O3. The SMILES string of the molecule is CCNC(=NCc1ccc(C(=O)N(C)C)cc1)NCC(O)COCC(C)C. The van der Waals surface area contributed by atoms with E-state index in [-0.39, 0.29) is 5.91 Å². The first kappa shape index (κ1) is 22.9. The first-order valence-electron chi connectivity index (χ1n) is 9.42. The number of aliphatic hydroxyl groups excluding tert-OH is 1. The number of ether oxygens (including phenoxy) is 1. The minimum absolute atomic E-state index is 0.0197. The van der Waals surface area contributed by atoms with Crippen LogP contribution in [-0.2, 0) is 11.3 Å². The number of aliphatic imine (C=N–C) groups is 1. The van der Waals surface area contributed by atoms with E-state index in [0.717, 1.165) is 12.1 Å². The fourth-order valence-electron chi connectivity index (χ4n) is 2.24. The molecule has 0 radical (unpaired) electrons. The largest absolute Gasteiger partial charge is 0.389 e. The minimum atomic E-state index is -0.594. The summed E-state index contributed by atoms with van der Waals surface area (Å²) < 4.78 is 5.44. The van der Waals surface area contributed by atoms with E-state index in [4.69, 9.17) is 4.74 Å². The van der Waals surface area contributed by atoms with E-state index in [0.29, 0.717) is 43.7 Å². The number of aliphatic hydroxyl groups is 1. The van der Waals surface area contributed by atoms with Gasteiger partial charge in [0.1, 0.15) is 0 Å². The highest BCUT2D eigenvalue weighted by atomic mass is 16.5. The Kier molecular flexibility index (Phi) is 10.4. The van der Waals surface area contributed by atoms with Gasteiger partial charge >= 0.3 is 0 Å². The van der Waals surface area contributed by atoms with E-state index < -0.39 is 6.10 Å². The van der Waals surface area contributed by atoms with Crippen molar-refractivity contribution in [1.82, 2.24) is 15.5 Å². The fourth-order valence-corrected chi connectivity index (χ4v) is 2.24. The monoisotopic (exact) mass is 378 g/mol. The van der Waals surface area contributed by atoms with Crippen LogP contribution in [0.3, 0.4) is 0 Å². The summed E-state index contributed by atoms with van der Waals surface area (Å²) >= 11 is 0. The molecule has 1 aromatic carbocycles. The number of amides is 1. The van der Waals surface area contributed by atoms with Gasteiger partial charge in [0.2, 0.25) is 0 Å². The molecule has 0 aromatic heterocycles. The average Bonchev–Trinajstić information content (AvgIpc) is 2.63. The number of nitrogens with zero attached hydrogens (tertiary/aromatic N) is 2. The quantitative estimate of drug-likeness (QED) is 0.424. The average molecular weight is 379 g/mol. The molecule has 1 aromatic rings. The van der Waals surface area contributed by atoms with Crippen molar-refractivity contribution in [3.63, 3.8) is 0 Å². The number of carbonyl (C=O) groups excluding carboxylic acids is 1. The molecule has 0 bridgehead atoms. The molecule has 0 aliphatic heterocycles. The summed E-state index contributed by atoms with van der Waals surface area (Å²) in [6, 6.07) is 7.42. The van der Waals surface area contributed by atoms with Gasteiger partial charge in [0.15, 0.2) is 5.96 Å². The van der Waals surface area contributed by atoms with Crippen molar-refractivity contribution in [2.24, 2.45) is 10.9 Å². The molecule has 1 atom stereocenters. The Balaban J connectivity index is 2.54. The summed E-state index contributed by atoms with van der Waals surface area (Å²) in [5, 5.41) is 16.3. The molecule has 1 rings (SSSR count). The van der Waals surface area contributed by atoms with Gasteiger partial charge in [-0.25, -0.2) is 4.99 Å². The van der Waals surface area contributed by atoms with Gasteiger partial charge in [-0.1, -0.05) is 26.0 Å². The molecule has 1 unspecified atom stereocenters. The first-order chi connectivity index (χ1) is 12.8. The highest BCUT2D eigenvalue weighted by molar-refractivity contribution is 5.93. The summed E-state index contributed by atoms with van der Waals surface area (Å²) in [5.74, 6) is 1.06. The van der Waals surface area contributed by atoms with E-state index in [1.54, 1.807) is 19.0 Å². The van der Waals surface area contributed by atoms with Crippen molar-refractivity contribution >= 4 is 11.9 Å². The molecule has 0 saturated heterocycles. The maximum atomic E-state index is 11.9. The van der Waals surface area contributed by atoms with Crippen LogP contribution in [0.5, 0.6) is 0 Å². The van der Waals surface area contributed by atoms with Crippen LogP contribution in [0.4, 0.5) is 0 Å². The van der Waals surface area contributed by atoms with Crippen LogP contribution >= 0.6 is 0 Å². The molecule has 7 nitrogen and oxygen atoms in total. The third kappa shape index (κ3) is 9.40. The van der Waals surface area contributed by atoms with Gasteiger partial charge in [-0.15, -0.1) is 0 Å². The maximum Gasteiger partial charge on any atom is 0.253 e. The molecule has 0 saturated carbocycles. The van der Waals surface area contributed by atoms with E-state index in [2.05, 4.69) is 29.5 Å². The van der Waals surface area contributed by atoms with E-state index in [1.165, 1.54) is 0 Å². The maximum absolute atomic E-state index is 11.9. The molecule has 152 valence electrons. The topological polar surface area (TPSA) is 86.2 Å². The lowest BCUT2D eigenvalue weighted by Gasteiger charge is -2.16. The molecule has 0 aliphatic carbocycles. The van der Waals surface area contributed by atoms with Crippen LogP contribution in [0.15, 0.2) is 29.3 Å². The predicted molar refractivity (Wildman–Crippen MR) is 109 cm³/mol. The zero-order valence-corrected chi connectivity index (χ0v) is 17.2. The number of benzene rings is 1. The molecule has 1 amide bonds. The van der Waals surface area contributed by atoms with Crippen LogP contribution < -0.4 is 10.6 Å². The Bertz CT molecular complexity index is 585. The Labute approximate surface area is 162 Å². The highest BCUT2D eigenvalue weighted by Gasteiger charge is 2.08. The van der Waals surface area contributed by atoms with Crippen LogP contribution in [0.2, 0.25) is 0 Å². The third-order valence-corrected chi connectivity index (χ3v) is 3.64. The smallest absolute Gasteiger partial charge is 0.253 e. The zero-order chi connectivity index (χ0) is 20.2. The predicted octanol–water partition coefficient (Wildman–Crippen LogP) is 1.48. The van der Waals surface area contributed by atoms with Gasteiger partial charge in [0, 0.05) is 39.4 Å². The van der Waals surface area contributed by atoms with Crippen LogP contribution in [-0.4, -0.2) is 68.4 Å². The van der Waals surface area contributed by atoms with Gasteiger partial charge in [-0.2, -0.15) is 0 Å². The Hall–Kier alpha value is -2.12. The molecule has 27 heavy (non-hydrogen) atoms. The second-order valence-electron chi connectivity index (χ2n) is 7.06. The zero-order valence-electron chi connectivity index (χ0n) is 17.2. The van der Waals surface area contributed by atoms with Gasteiger partial charge in [-0.05, 0) is 30.5 Å². The molecule has 0 fully saturated rings. The minimum Gasteiger partial charge on any atom is -0.389 e. The number of nitrogens with one attached hydrogen (secondary N) is 2. The summed E-state index contributed by atoms with van der Waals surface area (Å²) in [4.78, 5) is 18.0. The number of hydrogen-bond donors (Lipinski definition) is 3. The van der Waals surface area contributed by atoms with Crippen molar-refractivity contribution in [3.05, 3.63) is 35.4 Å². The summed E-state index contributed by atoms with van der Waals surface area (Å²) in [6.07, 6.45) is -0.594. The van der Waals surface area contributed by atoms with E-state index >= 15 is 0 Å². The van der Waals surface area contributed by atoms with Gasteiger partial charge < -0.3 is 25.4 Å². The fraction of sp³-hybridized carbons (Fsp3) is 0.600. The molecular weight excluding hydrogens is 344 g/mol. The van der Waals surface area contributed by atoms with Crippen molar-refractivity contribution in [2.75, 3.05) is 40.4 Å². The van der Waals surface area contributed by atoms with Crippen LogP contribution in [0, 0.1) is 5.92 Å². The molecule has 0 spiro atoms. The van der Waals surface area contributed by atoms with Gasteiger partial charge in [0.25, 0.3) is 5.91 Å². The van der Waals surface area contributed by atoms with Crippen molar-refractivity contribution < 1.29 is 14.6 Å². The van der Waals surface area contributed by atoms with E-state index in [1.807, 2.05) is 31.2 Å².